The van der Waals surface area contributed by atoms with Crippen LogP contribution in [0, 0.1) is 6.92 Å². The van der Waals surface area contributed by atoms with Gasteiger partial charge in [0.15, 0.2) is 10.9 Å². The van der Waals surface area contributed by atoms with Crippen LogP contribution in [0.4, 0.5) is 5.13 Å². The Labute approximate surface area is 128 Å². The SMILES string of the molecule is Cc1ccoc1C(=O)Nc1nc(-c2ccc(Cl)s2)cs1. The van der Waals surface area contributed by atoms with Crippen LogP contribution in [-0.2, 0) is 0 Å². The van der Waals surface area contributed by atoms with E-state index in [1.165, 1.54) is 28.9 Å². The molecule has 0 aromatic carbocycles. The van der Waals surface area contributed by atoms with Gasteiger partial charge in [-0.2, -0.15) is 0 Å². The van der Waals surface area contributed by atoms with Crippen molar-refractivity contribution in [2.45, 2.75) is 6.92 Å². The highest BCUT2D eigenvalue weighted by Gasteiger charge is 2.15. The number of hydrogen-bond acceptors (Lipinski definition) is 5. The Morgan fingerprint density at radius 2 is 2.25 bits per heavy atom. The van der Waals surface area contributed by atoms with E-state index in [0.717, 1.165) is 16.1 Å². The maximum atomic E-state index is 12.0. The van der Waals surface area contributed by atoms with Crippen LogP contribution in [0.2, 0.25) is 4.34 Å². The van der Waals surface area contributed by atoms with Gasteiger partial charge in [-0.1, -0.05) is 11.6 Å². The molecule has 3 aromatic heterocycles. The van der Waals surface area contributed by atoms with Crippen LogP contribution in [-0.4, -0.2) is 10.9 Å². The molecule has 4 nitrogen and oxygen atoms in total. The van der Waals surface area contributed by atoms with Gasteiger partial charge in [0.05, 0.1) is 21.2 Å². The van der Waals surface area contributed by atoms with Gasteiger partial charge in [0.2, 0.25) is 0 Å². The average Bonchev–Trinajstić information content (AvgIpc) is 3.10. The molecule has 0 saturated heterocycles. The highest BCUT2D eigenvalue weighted by atomic mass is 35.5. The van der Waals surface area contributed by atoms with Crippen molar-refractivity contribution in [2.75, 3.05) is 5.32 Å². The first kappa shape index (κ1) is 13.4. The van der Waals surface area contributed by atoms with Crippen LogP contribution in [0.5, 0.6) is 0 Å². The van der Waals surface area contributed by atoms with Gasteiger partial charge in [0.25, 0.3) is 5.91 Å². The number of aryl methyl sites for hydroxylation is 1. The summed E-state index contributed by atoms with van der Waals surface area (Å²) >= 11 is 8.71. The average molecular weight is 325 g/mol. The monoisotopic (exact) mass is 324 g/mol. The van der Waals surface area contributed by atoms with Crippen molar-refractivity contribution < 1.29 is 9.21 Å². The first-order valence-electron chi connectivity index (χ1n) is 5.70. The van der Waals surface area contributed by atoms with E-state index < -0.39 is 0 Å². The van der Waals surface area contributed by atoms with Gasteiger partial charge >= 0.3 is 0 Å². The van der Waals surface area contributed by atoms with Crippen molar-refractivity contribution in [1.82, 2.24) is 4.98 Å². The van der Waals surface area contributed by atoms with Crippen LogP contribution in [0.3, 0.4) is 0 Å². The number of nitrogens with one attached hydrogen (secondary N) is 1. The fraction of sp³-hybridized carbons (Fsp3) is 0.0769. The van der Waals surface area contributed by atoms with E-state index in [1.54, 1.807) is 6.07 Å². The van der Waals surface area contributed by atoms with Gasteiger partial charge in [-0.25, -0.2) is 4.98 Å². The summed E-state index contributed by atoms with van der Waals surface area (Å²) < 4.78 is 5.86. The third-order valence-electron chi connectivity index (χ3n) is 2.62. The van der Waals surface area contributed by atoms with Gasteiger partial charge in [-0.15, -0.1) is 22.7 Å². The Morgan fingerprint density at radius 3 is 2.90 bits per heavy atom. The van der Waals surface area contributed by atoms with E-state index in [1.807, 2.05) is 24.4 Å². The zero-order valence-corrected chi connectivity index (χ0v) is 12.7. The van der Waals surface area contributed by atoms with Gasteiger partial charge in [-0.05, 0) is 25.1 Å². The van der Waals surface area contributed by atoms with Crippen LogP contribution < -0.4 is 5.32 Å². The van der Waals surface area contributed by atoms with Gasteiger partial charge < -0.3 is 4.42 Å². The zero-order valence-electron chi connectivity index (χ0n) is 10.3. The molecule has 0 radical (unpaired) electrons. The molecule has 3 rings (SSSR count). The molecular weight excluding hydrogens is 316 g/mol. The van der Waals surface area contributed by atoms with E-state index in [-0.39, 0.29) is 5.91 Å². The first-order valence-corrected chi connectivity index (χ1v) is 7.77. The molecule has 3 heterocycles. The molecule has 0 aliphatic rings. The minimum absolute atomic E-state index is 0.294. The zero-order chi connectivity index (χ0) is 14.1. The smallest absolute Gasteiger partial charge is 0.293 e. The molecule has 0 spiro atoms. The molecule has 1 amide bonds. The molecular formula is C13H9ClN2O2S2. The van der Waals surface area contributed by atoms with Crippen molar-refractivity contribution >= 4 is 45.3 Å². The van der Waals surface area contributed by atoms with Crippen molar-refractivity contribution in [2.24, 2.45) is 0 Å². The molecule has 102 valence electrons. The number of halogens is 1. The second-order valence-electron chi connectivity index (χ2n) is 4.03. The van der Waals surface area contributed by atoms with E-state index in [2.05, 4.69) is 10.3 Å². The number of amides is 1. The third-order valence-corrected chi connectivity index (χ3v) is 4.63. The maximum absolute atomic E-state index is 12.0. The molecule has 0 aliphatic carbocycles. The number of thiazole rings is 1. The Balaban J connectivity index is 1.78. The Hall–Kier alpha value is -1.63. The van der Waals surface area contributed by atoms with Crippen LogP contribution >= 0.6 is 34.3 Å². The fourth-order valence-electron chi connectivity index (χ4n) is 1.66. The van der Waals surface area contributed by atoms with E-state index in [0.29, 0.717) is 15.2 Å². The van der Waals surface area contributed by atoms with Crippen molar-refractivity contribution in [3.05, 3.63) is 45.5 Å². The van der Waals surface area contributed by atoms with Crippen LogP contribution in [0.1, 0.15) is 16.1 Å². The normalized spacial score (nSPS) is 10.7. The van der Waals surface area contributed by atoms with Crippen LogP contribution in [0.25, 0.3) is 10.6 Å². The predicted molar refractivity (Wildman–Crippen MR) is 81.8 cm³/mol. The number of aromatic nitrogens is 1. The largest absolute Gasteiger partial charge is 0.459 e. The quantitative estimate of drug-likeness (QED) is 0.761. The summed E-state index contributed by atoms with van der Waals surface area (Å²) in [6.45, 7) is 1.82. The molecule has 20 heavy (non-hydrogen) atoms. The maximum Gasteiger partial charge on any atom is 0.293 e. The first-order chi connectivity index (χ1) is 9.63. The lowest BCUT2D eigenvalue weighted by molar-refractivity contribution is 0.0996. The summed E-state index contributed by atoms with van der Waals surface area (Å²) in [5.41, 5.74) is 1.60. The molecule has 0 aliphatic heterocycles. The van der Waals surface area contributed by atoms with Crippen molar-refractivity contribution in [1.29, 1.82) is 0 Å². The standard InChI is InChI=1S/C13H9ClN2O2S2/c1-7-4-5-18-11(7)12(17)16-13-15-8(6-19-13)9-2-3-10(14)20-9/h2-6H,1H3,(H,15,16,17). The van der Waals surface area contributed by atoms with Crippen molar-refractivity contribution in [3.63, 3.8) is 0 Å². The second-order valence-corrected chi connectivity index (χ2v) is 6.60. The lowest BCUT2D eigenvalue weighted by Crippen LogP contribution is -2.11. The number of carbonyl (C=O) groups excluding carboxylic acids is 1. The molecule has 0 fully saturated rings. The molecule has 1 N–H and O–H groups in total. The summed E-state index contributed by atoms with van der Waals surface area (Å²) in [4.78, 5) is 17.3. The number of anilines is 1. The number of thiophene rings is 1. The predicted octanol–water partition coefficient (Wildman–Crippen LogP) is 4.68. The number of rotatable bonds is 3. The lowest BCUT2D eigenvalue weighted by Gasteiger charge is -1.98. The highest BCUT2D eigenvalue weighted by molar-refractivity contribution is 7.20. The van der Waals surface area contributed by atoms with E-state index in [4.69, 9.17) is 16.0 Å². The lowest BCUT2D eigenvalue weighted by atomic mass is 10.3. The molecule has 0 saturated carbocycles. The molecule has 0 atom stereocenters. The second kappa shape index (κ2) is 5.40. The van der Waals surface area contributed by atoms with Crippen LogP contribution in [0.15, 0.2) is 34.3 Å². The minimum Gasteiger partial charge on any atom is -0.459 e. The summed E-state index contributed by atoms with van der Waals surface area (Å²) in [6.07, 6.45) is 1.49. The number of nitrogens with zero attached hydrogens (tertiary/aromatic N) is 1. The molecule has 0 unspecified atom stereocenters. The van der Waals surface area contributed by atoms with E-state index in [9.17, 15) is 4.79 Å². The highest BCUT2D eigenvalue weighted by Crippen LogP contribution is 2.32. The van der Waals surface area contributed by atoms with Gasteiger partial charge in [0.1, 0.15) is 0 Å². The van der Waals surface area contributed by atoms with Crippen molar-refractivity contribution in [3.8, 4) is 10.6 Å². The van der Waals surface area contributed by atoms with Gasteiger partial charge in [0, 0.05) is 10.9 Å². The third kappa shape index (κ3) is 2.63. The Morgan fingerprint density at radius 1 is 1.40 bits per heavy atom. The minimum atomic E-state index is -0.294. The fourth-order valence-corrected chi connectivity index (χ4v) is 3.44. The molecule has 3 aromatic rings. The summed E-state index contributed by atoms with van der Waals surface area (Å²) in [5.74, 6) is 0.0125. The summed E-state index contributed by atoms with van der Waals surface area (Å²) in [6, 6.07) is 5.48. The topological polar surface area (TPSA) is 55.1 Å². The van der Waals surface area contributed by atoms with E-state index >= 15 is 0 Å². The number of carbonyl (C=O) groups is 1. The summed E-state index contributed by atoms with van der Waals surface area (Å²) in [7, 11) is 0. The number of hydrogen-bond donors (Lipinski definition) is 1. The molecule has 7 heteroatoms. The van der Waals surface area contributed by atoms with Gasteiger partial charge in [-0.3, -0.25) is 10.1 Å². The molecule has 0 bridgehead atoms. The number of furan rings is 1. The Bertz CT molecular complexity index is 760. The Kier molecular flexibility index (Phi) is 3.60. The summed E-state index contributed by atoms with van der Waals surface area (Å²) in [5, 5.41) is 5.14.